The fourth-order valence-corrected chi connectivity index (χ4v) is 2.79. The molecule has 1 aromatic rings. The molecule has 1 aromatic heterocycles. The van der Waals surface area contributed by atoms with Gasteiger partial charge in [-0.2, -0.15) is 0 Å². The normalized spacial score (nSPS) is 29.1. The van der Waals surface area contributed by atoms with Gasteiger partial charge in [-0.25, -0.2) is 0 Å². The molecule has 3 heterocycles. The van der Waals surface area contributed by atoms with Crippen molar-refractivity contribution in [2.75, 3.05) is 26.2 Å². The Labute approximate surface area is 94.6 Å². The number of fused-ring (bicyclic) bond motifs is 1. The zero-order valence-electron chi connectivity index (χ0n) is 9.19. The summed E-state index contributed by atoms with van der Waals surface area (Å²) >= 11 is 0. The minimum Gasteiger partial charge on any atom is -0.472 e. The van der Waals surface area contributed by atoms with E-state index in [1.54, 1.807) is 12.3 Å². The quantitative estimate of drug-likeness (QED) is 0.766. The second-order valence-corrected chi connectivity index (χ2v) is 4.73. The van der Waals surface area contributed by atoms with Gasteiger partial charge >= 0.3 is 0 Å². The summed E-state index contributed by atoms with van der Waals surface area (Å²) in [6.07, 6.45) is 4.21. The lowest BCUT2D eigenvalue weighted by atomic mass is 9.88. The van der Waals surface area contributed by atoms with Gasteiger partial charge in [-0.15, -0.1) is 0 Å². The van der Waals surface area contributed by atoms with Crippen LogP contribution in [0.15, 0.2) is 23.0 Å². The second kappa shape index (κ2) is 3.94. The number of nitrogens with one attached hydrogen (secondary N) is 1. The van der Waals surface area contributed by atoms with Crippen LogP contribution < -0.4 is 5.32 Å². The van der Waals surface area contributed by atoms with Crippen LogP contribution in [0.1, 0.15) is 16.8 Å². The molecule has 2 saturated heterocycles. The highest BCUT2D eigenvalue weighted by Crippen LogP contribution is 2.27. The predicted molar refractivity (Wildman–Crippen MR) is 59.1 cm³/mol. The van der Waals surface area contributed by atoms with E-state index >= 15 is 0 Å². The van der Waals surface area contributed by atoms with Gasteiger partial charge in [0, 0.05) is 13.1 Å². The molecular formula is C12H16N2O2. The molecule has 0 aliphatic carbocycles. The van der Waals surface area contributed by atoms with Crippen molar-refractivity contribution in [1.82, 2.24) is 10.2 Å². The number of amides is 1. The topological polar surface area (TPSA) is 45.5 Å². The summed E-state index contributed by atoms with van der Waals surface area (Å²) in [4.78, 5) is 14.1. The summed E-state index contributed by atoms with van der Waals surface area (Å²) < 4.78 is 4.95. The van der Waals surface area contributed by atoms with Crippen molar-refractivity contribution in [3.63, 3.8) is 0 Å². The Morgan fingerprint density at radius 3 is 3.12 bits per heavy atom. The molecule has 2 aliphatic heterocycles. The van der Waals surface area contributed by atoms with Crippen LogP contribution in [0.4, 0.5) is 0 Å². The molecule has 16 heavy (non-hydrogen) atoms. The lowest BCUT2D eigenvalue weighted by Gasteiger charge is -2.34. The SMILES string of the molecule is O=C(c1ccoc1)N1CCC2CNCC2C1. The van der Waals surface area contributed by atoms with Crippen molar-refractivity contribution in [2.45, 2.75) is 6.42 Å². The van der Waals surface area contributed by atoms with Gasteiger partial charge in [0.25, 0.3) is 5.91 Å². The Hall–Kier alpha value is -1.29. The van der Waals surface area contributed by atoms with Gasteiger partial charge < -0.3 is 14.6 Å². The summed E-state index contributed by atoms with van der Waals surface area (Å²) in [5.41, 5.74) is 0.671. The molecular weight excluding hydrogens is 204 g/mol. The first-order chi connectivity index (χ1) is 7.84. The van der Waals surface area contributed by atoms with Crippen molar-refractivity contribution >= 4 is 5.91 Å². The van der Waals surface area contributed by atoms with E-state index < -0.39 is 0 Å². The van der Waals surface area contributed by atoms with Crippen molar-refractivity contribution in [1.29, 1.82) is 0 Å². The molecule has 0 bridgehead atoms. The van der Waals surface area contributed by atoms with Gasteiger partial charge in [0.15, 0.2) is 0 Å². The zero-order chi connectivity index (χ0) is 11.0. The van der Waals surface area contributed by atoms with E-state index in [1.807, 2.05) is 4.90 Å². The first-order valence-electron chi connectivity index (χ1n) is 5.87. The third-order valence-corrected chi connectivity index (χ3v) is 3.76. The van der Waals surface area contributed by atoms with Gasteiger partial charge in [0.1, 0.15) is 6.26 Å². The zero-order valence-corrected chi connectivity index (χ0v) is 9.19. The van der Waals surface area contributed by atoms with Gasteiger partial charge in [-0.05, 0) is 37.4 Å². The maximum absolute atomic E-state index is 12.1. The number of nitrogens with zero attached hydrogens (tertiary/aromatic N) is 1. The van der Waals surface area contributed by atoms with Crippen molar-refractivity contribution in [3.05, 3.63) is 24.2 Å². The number of carbonyl (C=O) groups excluding carboxylic acids is 1. The average Bonchev–Trinajstić information content (AvgIpc) is 2.98. The minimum atomic E-state index is 0.110. The van der Waals surface area contributed by atoms with Crippen LogP contribution in [0.5, 0.6) is 0 Å². The summed E-state index contributed by atoms with van der Waals surface area (Å²) in [6.45, 7) is 3.95. The highest BCUT2D eigenvalue weighted by atomic mass is 16.3. The maximum Gasteiger partial charge on any atom is 0.257 e. The largest absolute Gasteiger partial charge is 0.472 e. The standard InChI is InChI=1S/C12H16N2O2/c15-12(10-2-4-16-8-10)14-3-1-9-5-13-6-11(9)7-14/h2,4,8-9,11,13H,1,3,5-7H2. The van der Waals surface area contributed by atoms with E-state index in [2.05, 4.69) is 5.32 Å². The highest BCUT2D eigenvalue weighted by Gasteiger charge is 2.34. The molecule has 2 atom stereocenters. The first-order valence-corrected chi connectivity index (χ1v) is 5.87. The molecule has 86 valence electrons. The second-order valence-electron chi connectivity index (χ2n) is 4.73. The van der Waals surface area contributed by atoms with Crippen LogP contribution in [0.25, 0.3) is 0 Å². The maximum atomic E-state index is 12.1. The molecule has 0 spiro atoms. The minimum absolute atomic E-state index is 0.110. The number of likely N-dealkylation sites (tertiary alicyclic amines) is 1. The molecule has 1 N–H and O–H groups in total. The third-order valence-electron chi connectivity index (χ3n) is 3.76. The third kappa shape index (κ3) is 1.63. The van der Waals surface area contributed by atoms with Crippen LogP contribution >= 0.6 is 0 Å². The van der Waals surface area contributed by atoms with Gasteiger partial charge in [-0.3, -0.25) is 4.79 Å². The Bertz CT molecular complexity index is 374. The molecule has 2 unspecified atom stereocenters. The Balaban J connectivity index is 1.70. The van der Waals surface area contributed by atoms with Crippen molar-refractivity contribution < 1.29 is 9.21 Å². The van der Waals surface area contributed by atoms with Crippen LogP contribution in [0, 0.1) is 11.8 Å². The highest BCUT2D eigenvalue weighted by molar-refractivity contribution is 5.93. The van der Waals surface area contributed by atoms with Crippen LogP contribution in [0.2, 0.25) is 0 Å². The molecule has 4 nitrogen and oxygen atoms in total. The van der Waals surface area contributed by atoms with E-state index in [1.165, 1.54) is 6.26 Å². The van der Waals surface area contributed by atoms with E-state index in [-0.39, 0.29) is 5.91 Å². The van der Waals surface area contributed by atoms with Gasteiger partial charge in [0.2, 0.25) is 0 Å². The summed E-state index contributed by atoms with van der Waals surface area (Å²) in [7, 11) is 0. The monoisotopic (exact) mass is 220 g/mol. The summed E-state index contributed by atoms with van der Waals surface area (Å²) in [5, 5.41) is 3.40. The number of carbonyl (C=O) groups is 1. The Morgan fingerprint density at radius 1 is 1.44 bits per heavy atom. The molecule has 0 aromatic carbocycles. The molecule has 2 aliphatic rings. The molecule has 0 saturated carbocycles. The Kier molecular flexibility index (Phi) is 2.44. The number of rotatable bonds is 1. The van der Waals surface area contributed by atoms with Crippen LogP contribution in [0.3, 0.4) is 0 Å². The molecule has 0 radical (unpaired) electrons. The van der Waals surface area contributed by atoms with Gasteiger partial charge in [-0.1, -0.05) is 0 Å². The number of hydrogen-bond donors (Lipinski definition) is 1. The summed E-state index contributed by atoms with van der Waals surface area (Å²) in [6, 6.07) is 1.74. The first kappa shape index (κ1) is 9.90. The fourth-order valence-electron chi connectivity index (χ4n) is 2.79. The number of hydrogen-bond acceptors (Lipinski definition) is 3. The van der Waals surface area contributed by atoms with E-state index in [0.717, 1.165) is 38.5 Å². The smallest absolute Gasteiger partial charge is 0.257 e. The van der Waals surface area contributed by atoms with Crippen LogP contribution in [-0.4, -0.2) is 37.0 Å². The molecule has 3 rings (SSSR count). The summed E-state index contributed by atoms with van der Waals surface area (Å²) in [5.74, 6) is 1.53. The Morgan fingerprint density at radius 2 is 2.31 bits per heavy atom. The molecule has 1 amide bonds. The van der Waals surface area contributed by atoms with E-state index in [0.29, 0.717) is 11.5 Å². The van der Waals surface area contributed by atoms with Gasteiger partial charge in [0.05, 0.1) is 11.8 Å². The van der Waals surface area contributed by atoms with Crippen molar-refractivity contribution in [2.24, 2.45) is 11.8 Å². The van der Waals surface area contributed by atoms with Crippen LogP contribution in [-0.2, 0) is 0 Å². The number of piperidine rings is 1. The molecule has 4 heteroatoms. The lowest BCUT2D eigenvalue weighted by Crippen LogP contribution is -2.43. The van der Waals surface area contributed by atoms with E-state index in [4.69, 9.17) is 4.42 Å². The fraction of sp³-hybridized carbons (Fsp3) is 0.583. The van der Waals surface area contributed by atoms with E-state index in [9.17, 15) is 4.79 Å². The average molecular weight is 220 g/mol. The number of furan rings is 1. The van der Waals surface area contributed by atoms with Crippen molar-refractivity contribution in [3.8, 4) is 0 Å². The lowest BCUT2D eigenvalue weighted by molar-refractivity contribution is 0.0642. The predicted octanol–water partition coefficient (Wildman–Crippen LogP) is 0.961. The molecule has 2 fully saturated rings.